The highest BCUT2D eigenvalue weighted by molar-refractivity contribution is 5.95. The van der Waals surface area contributed by atoms with Crippen molar-refractivity contribution in [3.63, 3.8) is 0 Å². The minimum atomic E-state index is -0.0124. The van der Waals surface area contributed by atoms with Crippen LogP contribution in [0.25, 0.3) is 5.69 Å². The predicted octanol–water partition coefficient (Wildman–Crippen LogP) is 2.78. The van der Waals surface area contributed by atoms with Gasteiger partial charge in [-0.25, -0.2) is 0 Å². The molecule has 2 aromatic rings. The van der Waals surface area contributed by atoms with E-state index in [4.69, 9.17) is 4.74 Å². The van der Waals surface area contributed by atoms with Gasteiger partial charge in [-0.15, -0.1) is 0 Å². The van der Waals surface area contributed by atoms with Crippen LogP contribution in [0, 0.1) is 13.8 Å². The lowest BCUT2D eigenvalue weighted by Crippen LogP contribution is -2.27. The first-order chi connectivity index (χ1) is 11.4. The summed E-state index contributed by atoms with van der Waals surface area (Å²) < 4.78 is 7.30. The van der Waals surface area contributed by atoms with Crippen molar-refractivity contribution in [2.24, 2.45) is 0 Å². The highest BCUT2D eigenvalue weighted by Crippen LogP contribution is 2.22. The molecule has 0 unspecified atom stereocenters. The zero-order chi connectivity index (χ0) is 17.7. The molecule has 2 rings (SSSR count). The Morgan fingerprint density at radius 2 is 1.88 bits per heavy atom. The monoisotopic (exact) mass is 329 g/mol. The number of hydrogen-bond acceptors (Lipinski definition) is 3. The number of nitrogens with zero attached hydrogens (tertiary/aromatic N) is 2. The number of aromatic nitrogens is 1. The van der Waals surface area contributed by atoms with Crippen molar-refractivity contribution in [1.29, 1.82) is 0 Å². The molecule has 0 saturated carbocycles. The number of benzene rings is 1. The van der Waals surface area contributed by atoms with Crippen molar-refractivity contribution >= 4 is 5.91 Å². The zero-order valence-corrected chi connectivity index (χ0v) is 15.2. The van der Waals surface area contributed by atoms with Gasteiger partial charge in [0.25, 0.3) is 5.91 Å². The lowest BCUT2D eigenvalue weighted by Gasteiger charge is -2.11. The Morgan fingerprint density at radius 1 is 1.21 bits per heavy atom. The Balaban J connectivity index is 2.14. The van der Waals surface area contributed by atoms with Crippen molar-refractivity contribution in [2.45, 2.75) is 20.3 Å². The first kappa shape index (κ1) is 18.1. The van der Waals surface area contributed by atoms with Gasteiger partial charge >= 0.3 is 0 Å². The maximum Gasteiger partial charge on any atom is 0.253 e. The maximum atomic E-state index is 12.4. The third-order valence-corrected chi connectivity index (χ3v) is 4.07. The van der Waals surface area contributed by atoms with E-state index in [0.717, 1.165) is 41.4 Å². The fourth-order valence-corrected chi connectivity index (χ4v) is 2.81. The molecule has 0 fully saturated rings. The molecule has 0 spiro atoms. The van der Waals surface area contributed by atoms with Gasteiger partial charge in [0.2, 0.25) is 0 Å². The first-order valence-electron chi connectivity index (χ1n) is 8.20. The van der Waals surface area contributed by atoms with Crippen molar-refractivity contribution in [1.82, 2.24) is 14.8 Å². The van der Waals surface area contributed by atoms with Crippen molar-refractivity contribution in [2.75, 3.05) is 34.3 Å². The number of nitrogens with one attached hydrogen (secondary N) is 1. The number of carbonyl (C=O) groups is 1. The van der Waals surface area contributed by atoms with Gasteiger partial charge in [0, 0.05) is 23.6 Å². The lowest BCUT2D eigenvalue weighted by molar-refractivity contribution is 0.0951. The predicted molar refractivity (Wildman–Crippen MR) is 97.3 cm³/mol. The molecule has 0 radical (unpaired) electrons. The molecule has 0 aliphatic carbocycles. The van der Waals surface area contributed by atoms with E-state index < -0.39 is 0 Å². The molecule has 1 amide bonds. The minimum absolute atomic E-state index is 0.0124. The fraction of sp³-hybridized carbons (Fsp3) is 0.421. The maximum absolute atomic E-state index is 12.4. The van der Waals surface area contributed by atoms with Gasteiger partial charge in [0.1, 0.15) is 5.75 Å². The number of aryl methyl sites for hydroxylation is 1. The summed E-state index contributed by atoms with van der Waals surface area (Å²) in [5, 5.41) is 3.01. The van der Waals surface area contributed by atoms with E-state index in [-0.39, 0.29) is 5.91 Å². The number of hydrogen-bond donors (Lipinski definition) is 1. The van der Waals surface area contributed by atoms with Crippen LogP contribution in [0.5, 0.6) is 5.75 Å². The minimum Gasteiger partial charge on any atom is -0.497 e. The fourth-order valence-electron chi connectivity index (χ4n) is 2.81. The van der Waals surface area contributed by atoms with E-state index in [2.05, 4.69) is 14.8 Å². The molecule has 5 nitrogen and oxygen atoms in total. The molecule has 1 heterocycles. The standard InChI is InChI=1S/C19H27N3O2/c1-14-13-18(19(23)20-11-6-12-21(3)4)15(2)22(14)16-7-9-17(24-5)10-8-16/h7-10,13H,6,11-12H2,1-5H3,(H,20,23). The molecule has 24 heavy (non-hydrogen) atoms. The SMILES string of the molecule is COc1ccc(-n2c(C)cc(C(=O)NCCCN(C)C)c2C)cc1. The van der Waals surface area contributed by atoms with Crippen LogP contribution in [0.1, 0.15) is 28.2 Å². The second kappa shape index (κ2) is 8.02. The summed E-state index contributed by atoms with van der Waals surface area (Å²) >= 11 is 0. The normalized spacial score (nSPS) is 10.9. The van der Waals surface area contributed by atoms with E-state index >= 15 is 0 Å². The number of amides is 1. The Morgan fingerprint density at radius 3 is 2.46 bits per heavy atom. The summed E-state index contributed by atoms with van der Waals surface area (Å²) in [4.78, 5) is 14.6. The molecule has 0 saturated heterocycles. The van der Waals surface area contributed by atoms with Gasteiger partial charge < -0.3 is 19.5 Å². The summed E-state index contributed by atoms with van der Waals surface area (Å²) in [7, 11) is 5.72. The second-order valence-corrected chi connectivity index (χ2v) is 6.23. The molecule has 1 aromatic heterocycles. The third-order valence-electron chi connectivity index (χ3n) is 4.07. The van der Waals surface area contributed by atoms with Crippen molar-refractivity contribution < 1.29 is 9.53 Å². The molecule has 0 bridgehead atoms. The molecule has 0 aliphatic heterocycles. The van der Waals surface area contributed by atoms with Crippen LogP contribution in [0.15, 0.2) is 30.3 Å². The Kier molecular flexibility index (Phi) is 6.04. The van der Waals surface area contributed by atoms with E-state index in [1.165, 1.54) is 0 Å². The molecule has 5 heteroatoms. The van der Waals surface area contributed by atoms with Crippen LogP contribution in [0.4, 0.5) is 0 Å². The molecule has 1 aromatic carbocycles. The third kappa shape index (κ3) is 4.17. The highest BCUT2D eigenvalue weighted by Gasteiger charge is 2.16. The quantitative estimate of drug-likeness (QED) is 0.795. The number of ether oxygens (including phenoxy) is 1. The zero-order valence-electron chi connectivity index (χ0n) is 15.2. The molecular formula is C19H27N3O2. The van der Waals surface area contributed by atoms with Crippen LogP contribution >= 0.6 is 0 Å². The first-order valence-corrected chi connectivity index (χ1v) is 8.20. The molecule has 130 valence electrons. The molecular weight excluding hydrogens is 302 g/mol. The smallest absolute Gasteiger partial charge is 0.253 e. The number of carbonyl (C=O) groups excluding carboxylic acids is 1. The van der Waals surface area contributed by atoms with E-state index in [0.29, 0.717) is 6.54 Å². The summed E-state index contributed by atoms with van der Waals surface area (Å²) in [5.41, 5.74) is 3.74. The van der Waals surface area contributed by atoms with Crippen molar-refractivity contribution in [3.05, 3.63) is 47.3 Å². The molecule has 0 atom stereocenters. The highest BCUT2D eigenvalue weighted by atomic mass is 16.5. The van der Waals surface area contributed by atoms with Crippen LogP contribution in [0.2, 0.25) is 0 Å². The second-order valence-electron chi connectivity index (χ2n) is 6.23. The molecule has 0 aliphatic rings. The van der Waals surface area contributed by atoms with E-state index in [1.54, 1.807) is 7.11 Å². The topological polar surface area (TPSA) is 46.5 Å². The summed E-state index contributed by atoms with van der Waals surface area (Å²) in [6, 6.07) is 9.79. The van der Waals surface area contributed by atoms with E-state index in [9.17, 15) is 4.79 Å². The van der Waals surface area contributed by atoms with Crippen LogP contribution in [0.3, 0.4) is 0 Å². The Labute approximate surface area is 144 Å². The molecule has 1 N–H and O–H groups in total. The lowest BCUT2D eigenvalue weighted by atomic mass is 10.2. The number of methoxy groups -OCH3 is 1. The van der Waals surface area contributed by atoms with Gasteiger partial charge in [-0.3, -0.25) is 4.79 Å². The van der Waals surface area contributed by atoms with Crippen LogP contribution in [-0.4, -0.2) is 49.7 Å². The van der Waals surface area contributed by atoms with Crippen molar-refractivity contribution in [3.8, 4) is 11.4 Å². The largest absolute Gasteiger partial charge is 0.497 e. The average Bonchev–Trinajstić information content (AvgIpc) is 2.86. The van der Waals surface area contributed by atoms with Gasteiger partial charge in [0.15, 0.2) is 0 Å². The number of rotatable bonds is 7. The average molecular weight is 329 g/mol. The van der Waals surface area contributed by atoms with Crippen LogP contribution < -0.4 is 10.1 Å². The van der Waals surface area contributed by atoms with Gasteiger partial charge in [0.05, 0.1) is 12.7 Å². The van der Waals surface area contributed by atoms with Crippen LogP contribution in [-0.2, 0) is 0 Å². The van der Waals surface area contributed by atoms with Gasteiger partial charge in [-0.2, -0.15) is 0 Å². The van der Waals surface area contributed by atoms with Gasteiger partial charge in [-0.1, -0.05) is 0 Å². The summed E-state index contributed by atoms with van der Waals surface area (Å²) in [6.45, 7) is 5.64. The Bertz CT molecular complexity index is 687. The van der Waals surface area contributed by atoms with E-state index in [1.807, 2.05) is 58.3 Å². The van der Waals surface area contributed by atoms with Gasteiger partial charge in [-0.05, 0) is 71.2 Å². The summed E-state index contributed by atoms with van der Waals surface area (Å²) in [6.07, 6.45) is 0.940. The summed E-state index contributed by atoms with van der Waals surface area (Å²) in [5.74, 6) is 0.807. The Hall–Kier alpha value is -2.27.